The molecule has 0 bridgehead atoms. The van der Waals surface area contributed by atoms with E-state index in [0.29, 0.717) is 16.8 Å². The van der Waals surface area contributed by atoms with Crippen LogP contribution in [0.1, 0.15) is 23.6 Å². The number of esters is 1. The van der Waals surface area contributed by atoms with Gasteiger partial charge in [-0.2, -0.15) is 0 Å². The Morgan fingerprint density at radius 3 is 1.97 bits per heavy atom. The lowest BCUT2D eigenvalue weighted by molar-refractivity contribution is -0.166. The molecule has 0 aromatic heterocycles. The Balaban J connectivity index is 1.64. The van der Waals surface area contributed by atoms with E-state index in [2.05, 4.69) is 5.32 Å². The minimum Gasteiger partial charge on any atom is -0.453 e. The Morgan fingerprint density at radius 1 is 0.882 bits per heavy atom. The lowest BCUT2D eigenvalue weighted by Gasteiger charge is -2.27. The number of anilines is 1. The minimum atomic E-state index is -2.08. The summed E-state index contributed by atoms with van der Waals surface area (Å²) < 4.78 is 5.22. The van der Waals surface area contributed by atoms with Crippen molar-refractivity contribution < 1.29 is 24.2 Å². The summed E-state index contributed by atoms with van der Waals surface area (Å²) in [5, 5.41) is 14.2. The van der Waals surface area contributed by atoms with E-state index in [1.807, 2.05) is 25.1 Å². The molecule has 0 heterocycles. The molecule has 2 amide bonds. The summed E-state index contributed by atoms with van der Waals surface area (Å²) in [6.45, 7) is 1.16. The van der Waals surface area contributed by atoms with Gasteiger partial charge in [0.05, 0.1) is 6.54 Å². The highest BCUT2D eigenvalue weighted by atomic mass is 16.6. The second-order valence-electron chi connectivity index (χ2n) is 7.83. The molecule has 0 aliphatic carbocycles. The summed E-state index contributed by atoms with van der Waals surface area (Å²) in [7, 11) is 1.45. The fraction of sp³-hybridized carbons (Fsp3) is 0.222. The van der Waals surface area contributed by atoms with Crippen LogP contribution in [0.5, 0.6) is 0 Å². The first-order chi connectivity index (χ1) is 16.4. The van der Waals surface area contributed by atoms with Gasteiger partial charge in [-0.15, -0.1) is 0 Å². The van der Waals surface area contributed by atoms with Gasteiger partial charge in [-0.1, -0.05) is 85.8 Å². The SMILES string of the molecule is CCc1ccccc1NC(=O)CN(C)C(=O)COC(=O)C(O)(c1ccccc1)c1ccccc1. The average Bonchev–Trinajstić information content (AvgIpc) is 2.87. The van der Waals surface area contributed by atoms with Crippen LogP contribution in [0.15, 0.2) is 84.9 Å². The highest BCUT2D eigenvalue weighted by Crippen LogP contribution is 2.31. The molecule has 3 rings (SSSR count). The number of hydrogen-bond acceptors (Lipinski definition) is 5. The van der Waals surface area contributed by atoms with Crippen molar-refractivity contribution in [2.24, 2.45) is 0 Å². The van der Waals surface area contributed by atoms with Crippen LogP contribution in [0.25, 0.3) is 0 Å². The van der Waals surface area contributed by atoms with E-state index >= 15 is 0 Å². The maximum atomic E-state index is 13.0. The van der Waals surface area contributed by atoms with Crippen molar-refractivity contribution in [3.63, 3.8) is 0 Å². The third kappa shape index (κ3) is 5.68. The molecule has 7 heteroatoms. The molecule has 0 saturated carbocycles. The molecule has 3 aromatic carbocycles. The number of aryl methyl sites for hydroxylation is 1. The van der Waals surface area contributed by atoms with E-state index in [1.165, 1.54) is 11.9 Å². The van der Waals surface area contributed by atoms with Crippen molar-refractivity contribution >= 4 is 23.5 Å². The van der Waals surface area contributed by atoms with Crippen LogP contribution in [0.3, 0.4) is 0 Å². The third-order valence-corrected chi connectivity index (χ3v) is 5.48. The molecule has 0 spiro atoms. The number of rotatable bonds is 9. The molecule has 0 atom stereocenters. The minimum absolute atomic E-state index is 0.212. The zero-order chi connectivity index (χ0) is 24.6. The molecule has 34 heavy (non-hydrogen) atoms. The number of nitrogens with one attached hydrogen (secondary N) is 1. The van der Waals surface area contributed by atoms with E-state index in [-0.39, 0.29) is 12.5 Å². The summed E-state index contributed by atoms with van der Waals surface area (Å²) >= 11 is 0. The largest absolute Gasteiger partial charge is 0.453 e. The molecule has 176 valence electrons. The number of benzene rings is 3. The molecule has 0 unspecified atom stereocenters. The van der Waals surface area contributed by atoms with Gasteiger partial charge in [0.2, 0.25) is 11.5 Å². The van der Waals surface area contributed by atoms with Crippen molar-refractivity contribution in [3.05, 3.63) is 102 Å². The van der Waals surface area contributed by atoms with Crippen molar-refractivity contribution in [1.29, 1.82) is 0 Å². The predicted molar refractivity (Wildman–Crippen MR) is 129 cm³/mol. The first kappa shape index (κ1) is 24.7. The number of carbonyl (C=O) groups is 3. The molecule has 0 aliphatic rings. The molecule has 0 radical (unpaired) electrons. The molecule has 7 nitrogen and oxygen atoms in total. The quantitative estimate of drug-likeness (QED) is 0.479. The molecule has 0 fully saturated rings. The molecule has 3 aromatic rings. The summed E-state index contributed by atoms with van der Waals surface area (Å²) in [6.07, 6.45) is 0.757. The normalized spacial score (nSPS) is 10.9. The Labute approximate surface area is 199 Å². The predicted octanol–water partition coefficient (Wildman–Crippen LogP) is 3.13. The number of amides is 2. The maximum Gasteiger partial charge on any atom is 0.348 e. The highest BCUT2D eigenvalue weighted by molar-refractivity contribution is 5.95. The fourth-order valence-corrected chi connectivity index (χ4v) is 3.55. The van der Waals surface area contributed by atoms with Gasteiger partial charge in [-0.3, -0.25) is 9.59 Å². The number of para-hydroxylation sites is 1. The Hall–Kier alpha value is -3.97. The number of hydrogen-bond donors (Lipinski definition) is 2. The molecule has 0 aliphatic heterocycles. The van der Waals surface area contributed by atoms with Gasteiger partial charge in [0.1, 0.15) is 0 Å². The Bertz CT molecular complexity index is 1090. The number of carbonyl (C=O) groups excluding carboxylic acids is 3. The van der Waals surface area contributed by atoms with Crippen LogP contribution in [-0.2, 0) is 31.1 Å². The van der Waals surface area contributed by atoms with E-state index in [4.69, 9.17) is 4.74 Å². The number of ether oxygens (including phenoxy) is 1. The Morgan fingerprint density at radius 2 is 1.41 bits per heavy atom. The first-order valence-electron chi connectivity index (χ1n) is 11.0. The standard InChI is InChI=1S/C27H28N2O5/c1-3-20-12-10-11-17-23(20)28-24(30)18-29(2)25(31)19-34-26(32)27(33,21-13-6-4-7-14-21)22-15-8-5-9-16-22/h4-17,33H,3,18-19H2,1-2H3,(H,28,30). The van der Waals surface area contributed by atoms with E-state index < -0.39 is 24.1 Å². The van der Waals surface area contributed by atoms with Crippen molar-refractivity contribution in [2.75, 3.05) is 25.5 Å². The fourth-order valence-electron chi connectivity index (χ4n) is 3.55. The van der Waals surface area contributed by atoms with Gasteiger partial charge in [-0.25, -0.2) is 4.79 Å². The van der Waals surface area contributed by atoms with E-state index in [1.54, 1.807) is 66.7 Å². The van der Waals surface area contributed by atoms with E-state index in [9.17, 15) is 19.5 Å². The lowest BCUT2D eigenvalue weighted by Crippen LogP contribution is -2.42. The zero-order valence-corrected chi connectivity index (χ0v) is 19.2. The maximum absolute atomic E-state index is 13.0. The monoisotopic (exact) mass is 460 g/mol. The molecular formula is C27H28N2O5. The highest BCUT2D eigenvalue weighted by Gasteiger charge is 2.42. The van der Waals surface area contributed by atoms with Crippen LogP contribution in [-0.4, -0.2) is 48.0 Å². The number of likely N-dealkylation sites (N-methyl/N-ethyl adjacent to an activating group) is 1. The number of aliphatic hydroxyl groups is 1. The first-order valence-corrected chi connectivity index (χ1v) is 11.0. The van der Waals surface area contributed by atoms with Crippen LogP contribution in [0.4, 0.5) is 5.69 Å². The summed E-state index contributed by atoms with van der Waals surface area (Å²) in [4.78, 5) is 39.1. The molecule has 2 N–H and O–H groups in total. The van der Waals surface area contributed by atoms with Gasteiger partial charge in [0.15, 0.2) is 6.61 Å². The van der Waals surface area contributed by atoms with Crippen LogP contribution < -0.4 is 5.32 Å². The summed E-state index contributed by atoms with van der Waals surface area (Å²) in [6, 6.07) is 24.2. The average molecular weight is 461 g/mol. The van der Waals surface area contributed by atoms with Crippen molar-refractivity contribution in [3.8, 4) is 0 Å². The smallest absolute Gasteiger partial charge is 0.348 e. The molecular weight excluding hydrogens is 432 g/mol. The molecule has 0 saturated heterocycles. The number of nitrogens with zero attached hydrogens (tertiary/aromatic N) is 1. The second kappa shape index (κ2) is 11.2. The second-order valence-corrected chi connectivity index (χ2v) is 7.83. The van der Waals surface area contributed by atoms with Crippen LogP contribution >= 0.6 is 0 Å². The van der Waals surface area contributed by atoms with Gasteiger partial charge in [0.25, 0.3) is 5.91 Å². The van der Waals surface area contributed by atoms with Crippen molar-refractivity contribution in [1.82, 2.24) is 4.90 Å². The van der Waals surface area contributed by atoms with E-state index in [0.717, 1.165) is 12.0 Å². The van der Waals surface area contributed by atoms with Crippen LogP contribution in [0.2, 0.25) is 0 Å². The van der Waals surface area contributed by atoms with Gasteiger partial charge < -0.3 is 20.1 Å². The topological polar surface area (TPSA) is 95.9 Å². The zero-order valence-electron chi connectivity index (χ0n) is 19.2. The van der Waals surface area contributed by atoms with Gasteiger partial charge in [0, 0.05) is 12.7 Å². The lowest BCUT2D eigenvalue weighted by atomic mass is 9.86. The summed E-state index contributed by atoms with van der Waals surface area (Å²) in [5.74, 6) is -1.92. The Kier molecular flexibility index (Phi) is 8.16. The summed E-state index contributed by atoms with van der Waals surface area (Å²) in [5.41, 5.74) is 0.239. The van der Waals surface area contributed by atoms with Gasteiger partial charge in [-0.05, 0) is 29.2 Å². The third-order valence-electron chi connectivity index (χ3n) is 5.48. The van der Waals surface area contributed by atoms with Crippen LogP contribution in [0, 0.1) is 0 Å². The van der Waals surface area contributed by atoms with Crippen molar-refractivity contribution in [2.45, 2.75) is 18.9 Å². The van der Waals surface area contributed by atoms with Gasteiger partial charge >= 0.3 is 5.97 Å².